The van der Waals surface area contributed by atoms with Gasteiger partial charge in [-0.3, -0.25) is 4.79 Å². The van der Waals surface area contributed by atoms with Crippen molar-refractivity contribution in [1.29, 1.82) is 0 Å². The largest absolute Gasteiger partial charge is 0.294 e. The number of Topliss-reactive ketones (excluding diaryl/α,β-unsaturated/α-hetero) is 1. The summed E-state index contributed by atoms with van der Waals surface area (Å²) < 4.78 is 0. The number of carbonyl (C=O) groups excluding carboxylic acids is 1. The second kappa shape index (κ2) is 5.56. The zero-order valence-corrected chi connectivity index (χ0v) is 14.0. The summed E-state index contributed by atoms with van der Waals surface area (Å²) in [6.45, 7) is 0. The van der Waals surface area contributed by atoms with E-state index in [1.54, 1.807) is 0 Å². The molecule has 1 nitrogen and oxygen atoms in total. The molecule has 120 valence electrons. The Morgan fingerprint density at radius 1 is 0.840 bits per heavy atom. The number of benzene rings is 3. The monoisotopic (exact) mass is 322 g/mol. The van der Waals surface area contributed by atoms with Gasteiger partial charge >= 0.3 is 0 Å². The molecule has 0 radical (unpaired) electrons. The minimum atomic E-state index is 0.298. The lowest BCUT2D eigenvalue weighted by molar-refractivity contribution is -0.115. The van der Waals surface area contributed by atoms with E-state index in [0.29, 0.717) is 12.2 Å². The van der Waals surface area contributed by atoms with Crippen LogP contribution in [0.25, 0.3) is 27.5 Å². The predicted molar refractivity (Wildman–Crippen MR) is 103 cm³/mol. The molecule has 0 aliphatic heterocycles. The fourth-order valence-corrected chi connectivity index (χ4v) is 4.12. The summed E-state index contributed by atoms with van der Waals surface area (Å²) in [5.74, 6) is 0.298. The third-order valence-electron chi connectivity index (χ3n) is 5.37. The summed E-state index contributed by atoms with van der Waals surface area (Å²) in [4.78, 5) is 12.6. The summed E-state index contributed by atoms with van der Waals surface area (Å²) in [6, 6.07) is 21.4. The number of ketones is 1. The van der Waals surface area contributed by atoms with Crippen molar-refractivity contribution in [3.63, 3.8) is 0 Å². The fraction of sp³-hybridized carbons (Fsp3) is 0.125. The van der Waals surface area contributed by atoms with E-state index < -0.39 is 0 Å². The van der Waals surface area contributed by atoms with Gasteiger partial charge in [0.05, 0.1) is 0 Å². The smallest absolute Gasteiger partial charge is 0.163 e. The van der Waals surface area contributed by atoms with Gasteiger partial charge in [-0.1, -0.05) is 66.7 Å². The quantitative estimate of drug-likeness (QED) is 0.558. The third-order valence-corrected chi connectivity index (χ3v) is 5.37. The van der Waals surface area contributed by atoms with Crippen molar-refractivity contribution in [3.8, 4) is 11.1 Å². The van der Waals surface area contributed by atoms with Crippen LogP contribution >= 0.6 is 0 Å². The molecule has 2 aliphatic rings. The first-order valence-corrected chi connectivity index (χ1v) is 8.85. The van der Waals surface area contributed by atoms with Crippen LogP contribution in [-0.4, -0.2) is 5.78 Å². The molecule has 1 heteroatoms. The maximum Gasteiger partial charge on any atom is 0.163 e. The van der Waals surface area contributed by atoms with E-state index in [2.05, 4.69) is 66.7 Å². The first-order valence-electron chi connectivity index (χ1n) is 8.85. The van der Waals surface area contributed by atoms with Crippen LogP contribution in [0.5, 0.6) is 0 Å². The van der Waals surface area contributed by atoms with E-state index in [9.17, 15) is 4.79 Å². The summed E-state index contributed by atoms with van der Waals surface area (Å²) in [5, 5.41) is 2.41. The SMILES string of the molecule is O=C1Cc2c(ccc3cc(-c4ccccc4)ccc23)C2=C1CCC=C2. The van der Waals surface area contributed by atoms with Crippen LogP contribution in [-0.2, 0) is 11.2 Å². The van der Waals surface area contributed by atoms with Crippen LogP contribution < -0.4 is 0 Å². The maximum atomic E-state index is 12.6. The van der Waals surface area contributed by atoms with Gasteiger partial charge in [0.2, 0.25) is 0 Å². The van der Waals surface area contributed by atoms with Gasteiger partial charge in [0, 0.05) is 12.0 Å². The van der Waals surface area contributed by atoms with E-state index in [4.69, 9.17) is 0 Å². The van der Waals surface area contributed by atoms with Crippen LogP contribution in [0.4, 0.5) is 0 Å². The Morgan fingerprint density at radius 2 is 1.72 bits per heavy atom. The molecular weight excluding hydrogens is 304 g/mol. The standard InChI is InChI=1S/C24H18O/c25-24-15-23-19-12-10-17(16-6-2-1-3-7-16)14-18(19)11-13-21(23)20-8-4-5-9-22(20)24/h1-4,6-8,10-14H,5,9,15H2. The topological polar surface area (TPSA) is 17.1 Å². The van der Waals surface area contributed by atoms with Gasteiger partial charge in [0.1, 0.15) is 0 Å². The van der Waals surface area contributed by atoms with Crippen molar-refractivity contribution in [2.75, 3.05) is 0 Å². The molecule has 0 saturated heterocycles. The Balaban J connectivity index is 1.71. The van der Waals surface area contributed by atoms with Crippen LogP contribution in [0.1, 0.15) is 24.0 Å². The summed E-state index contributed by atoms with van der Waals surface area (Å²) in [5.41, 5.74) is 7.03. The van der Waals surface area contributed by atoms with Crippen molar-refractivity contribution in [2.24, 2.45) is 0 Å². The van der Waals surface area contributed by atoms with Crippen molar-refractivity contribution in [2.45, 2.75) is 19.3 Å². The molecular formula is C24H18O. The van der Waals surface area contributed by atoms with Gasteiger partial charge in [-0.2, -0.15) is 0 Å². The molecule has 25 heavy (non-hydrogen) atoms. The van der Waals surface area contributed by atoms with Crippen LogP contribution in [0, 0.1) is 0 Å². The molecule has 0 fully saturated rings. The molecule has 0 atom stereocenters. The van der Waals surface area contributed by atoms with Crippen LogP contribution in [0.2, 0.25) is 0 Å². The van der Waals surface area contributed by atoms with Gasteiger partial charge < -0.3 is 0 Å². The van der Waals surface area contributed by atoms with Gasteiger partial charge in [-0.25, -0.2) is 0 Å². The highest BCUT2D eigenvalue weighted by atomic mass is 16.1. The van der Waals surface area contributed by atoms with Crippen LogP contribution in [0.3, 0.4) is 0 Å². The zero-order chi connectivity index (χ0) is 16.8. The Hall–Kier alpha value is -2.93. The predicted octanol–water partition coefficient (Wildman–Crippen LogP) is 5.74. The van der Waals surface area contributed by atoms with Gasteiger partial charge in [0.15, 0.2) is 5.78 Å². The maximum absolute atomic E-state index is 12.6. The average Bonchev–Trinajstić information content (AvgIpc) is 2.68. The lowest BCUT2D eigenvalue weighted by Crippen LogP contribution is -2.17. The van der Waals surface area contributed by atoms with E-state index >= 15 is 0 Å². The van der Waals surface area contributed by atoms with E-state index in [-0.39, 0.29) is 0 Å². The third kappa shape index (κ3) is 2.27. The van der Waals surface area contributed by atoms with Gasteiger partial charge in [-0.15, -0.1) is 0 Å². The highest BCUT2D eigenvalue weighted by Crippen LogP contribution is 2.39. The number of allylic oxidation sites excluding steroid dienone is 4. The molecule has 0 heterocycles. The number of carbonyl (C=O) groups is 1. The number of fused-ring (bicyclic) bond motifs is 4. The molecule has 5 rings (SSSR count). The van der Waals surface area contributed by atoms with Crippen LogP contribution in [0.15, 0.2) is 78.4 Å². The molecule has 0 N–H and O–H groups in total. The van der Waals surface area contributed by atoms with E-state index in [1.165, 1.54) is 33.0 Å². The minimum absolute atomic E-state index is 0.298. The molecule has 0 amide bonds. The first-order chi connectivity index (χ1) is 12.3. The molecule has 3 aromatic carbocycles. The lowest BCUT2D eigenvalue weighted by Gasteiger charge is -2.24. The molecule has 0 spiro atoms. The van der Waals surface area contributed by atoms with E-state index in [1.807, 2.05) is 6.07 Å². The number of hydrogen-bond donors (Lipinski definition) is 0. The molecule has 0 bridgehead atoms. The Bertz CT molecular complexity index is 1070. The van der Waals surface area contributed by atoms with Gasteiger partial charge in [0.25, 0.3) is 0 Å². The Labute approximate surface area is 147 Å². The average molecular weight is 322 g/mol. The molecule has 0 aromatic heterocycles. The molecule has 0 saturated carbocycles. The molecule has 0 unspecified atom stereocenters. The number of hydrogen-bond acceptors (Lipinski definition) is 1. The minimum Gasteiger partial charge on any atom is -0.294 e. The second-order valence-electron chi connectivity index (χ2n) is 6.83. The Kier molecular flexibility index (Phi) is 3.21. The highest BCUT2D eigenvalue weighted by molar-refractivity contribution is 6.12. The van der Waals surface area contributed by atoms with Crippen molar-refractivity contribution < 1.29 is 4.79 Å². The zero-order valence-electron chi connectivity index (χ0n) is 14.0. The second-order valence-corrected chi connectivity index (χ2v) is 6.83. The van der Waals surface area contributed by atoms with E-state index in [0.717, 1.165) is 24.0 Å². The highest BCUT2D eigenvalue weighted by Gasteiger charge is 2.26. The van der Waals surface area contributed by atoms with Crippen molar-refractivity contribution >= 4 is 22.1 Å². The van der Waals surface area contributed by atoms with Crippen molar-refractivity contribution in [3.05, 3.63) is 89.5 Å². The lowest BCUT2D eigenvalue weighted by atomic mass is 9.79. The summed E-state index contributed by atoms with van der Waals surface area (Å²) >= 11 is 0. The normalized spacial score (nSPS) is 16.1. The Morgan fingerprint density at radius 3 is 2.60 bits per heavy atom. The molecule has 2 aliphatic carbocycles. The fourth-order valence-electron chi connectivity index (χ4n) is 4.12. The summed E-state index contributed by atoms with van der Waals surface area (Å²) in [6.07, 6.45) is 6.72. The molecule has 3 aromatic rings. The van der Waals surface area contributed by atoms with Crippen molar-refractivity contribution in [1.82, 2.24) is 0 Å². The number of rotatable bonds is 1. The first kappa shape index (κ1) is 14.4. The van der Waals surface area contributed by atoms with Gasteiger partial charge in [-0.05, 0) is 57.5 Å². The summed E-state index contributed by atoms with van der Waals surface area (Å²) in [7, 11) is 0.